The topological polar surface area (TPSA) is 46.2 Å². The molecule has 0 aliphatic carbocycles. The molecule has 2 aromatic rings. The predicted octanol–water partition coefficient (Wildman–Crippen LogP) is 3.78. The lowest BCUT2D eigenvalue weighted by Gasteiger charge is -2.11. The Labute approximate surface area is 122 Å². The lowest BCUT2D eigenvalue weighted by Crippen LogP contribution is -2.15. The summed E-state index contributed by atoms with van der Waals surface area (Å²) in [5, 5.41) is 0. The zero-order valence-electron chi connectivity index (χ0n) is 10.7. The number of hydrogen-bond acceptors (Lipinski definition) is 2. The van der Waals surface area contributed by atoms with Gasteiger partial charge in [-0.15, -0.1) is 0 Å². The molecule has 9 heteroatoms. The van der Waals surface area contributed by atoms with Crippen molar-refractivity contribution in [2.24, 2.45) is 0 Å². The van der Waals surface area contributed by atoms with Crippen molar-refractivity contribution in [2.75, 3.05) is 4.72 Å². The Morgan fingerprint density at radius 2 is 1.36 bits per heavy atom. The standard InChI is InChI=1S/C13H8F5NO2S/c14-10-2-1-3-11(15)12(10)19-22(20,21)9-6-4-8(5-7-9)13(16,17)18/h1-7,19H. The first-order valence-corrected chi connectivity index (χ1v) is 7.24. The molecule has 0 aliphatic rings. The van der Waals surface area contributed by atoms with Crippen LogP contribution in [0.5, 0.6) is 0 Å². The number of para-hydroxylation sites is 1. The van der Waals surface area contributed by atoms with Gasteiger partial charge in [0.25, 0.3) is 10.0 Å². The van der Waals surface area contributed by atoms with Crippen molar-refractivity contribution in [1.29, 1.82) is 0 Å². The van der Waals surface area contributed by atoms with E-state index in [1.165, 1.54) is 0 Å². The highest BCUT2D eigenvalue weighted by Crippen LogP contribution is 2.30. The van der Waals surface area contributed by atoms with Crippen LogP contribution < -0.4 is 4.72 Å². The smallest absolute Gasteiger partial charge is 0.274 e. The molecular formula is C13H8F5NO2S. The molecule has 2 aromatic carbocycles. The van der Waals surface area contributed by atoms with Crippen LogP contribution in [0.1, 0.15) is 5.56 Å². The summed E-state index contributed by atoms with van der Waals surface area (Å²) in [6.45, 7) is 0. The summed E-state index contributed by atoms with van der Waals surface area (Å²) in [7, 11) is -4.42. The molecule has 0 atom stereocenters. The normalized spacial score (nSPS) is 12.2. The molecule has 0 aliphatic heterocycles. The average Bonchev–Trinajstić information content (AvgIpc) is 2.42. The molecule has 118 valence electrons. The van der Waals surface area contributed by atoms with Gasteiger partial charge in [0.1, 0.15) is 17.3 Å². The first kappa shape index (κ1) is 16.2. The third kappa shape index (κ3) is 3.35. The highest BCUT2D eigenvalue weighted by atomic mass is 32.2. The van der Waals surface area contributed by atoms with Crippen LogP contribution in [0.4, 0.5) is 27.6 Å². The molecule has 2 rings (SSSR count). The highest BCUT2D eigenvalue weighted by molar-refractivity contribution is 7.92. The summed E-state index contributed by atoms with van der Waals surface area (Å²) < 4.78 is 89.6. The van der Waals surface area contributed by atoms with Crippen LogP contribution >= 0.6 is 0 Å². The van der Waals surface area contributed by atoms with Crippen LogP contribution in [0, 0.1) is 11.6 Å². The minimum Gasteiger partial charge on any atom is -0.274 e. The maximum atomic E-state index is 13.4. The first-order valence-electron chi connectivity index (χ1n) is 5.75. The van der Waals surface area contributed by atoms with Gasteiger partial charge >= 0.3 is 6.18 Å². The van der Waals surface area contributed by atoms with Crippen molar-refractivity contribution in [3.8, 4) is 0 Å². The fourth-order valence-electron chi connectivity index (χ4n) is 1.61. The van der Waals surface area contributed by atoms with Crippen molar-refractivity contribution in [1.82, 2.24) is 0 Å². The summed E-state index contributed by atoms with van der Waals surface area (Å²) in [6.07, 6.45) is -4.62. The zero-order chi connectivity index (χ0) is 16.5. The van der Waals surface area contributed by atoms with Crippen molar-refractivity contribution >= 4 is 15.7 Å². The van der Waals surface area contributed by atoms with Gasteiger partial charge in [0.05, 0.1) is 10.5 Å². The molecule has 0 heterocycles. The molecule has 22 heavy (non-hydrogen) atoms. The lowest BCUT2D eigenvalue weighted by molar-refractivity contribution is -0.137. The van der Waals surface area contributed by atoms with Gasteiger partial charge in [0.2, 0.25) is 0 Å². The maximum absolute atomic E-state index is 13.4. The second-order valence-corrected chi connectivity index (χ2v) is 5.91. The summed E-state index contributed by atoms with van der Waals surface area (Å²) in [5.74, 6) is -2.29. The van der Waals surface area contributed by atoms with E-state index in [-0.39, 0.29) is 0 Å². The number of sulfonamides is 1. The molecule has 0 unspecified atom stereocenters. The number of alkyl halides is 3. The second-order valence-electron chi connectivity index (χ2n) is 4.22. The first-order chi connectivity index (χ1) is 10.1. The Hall–Kier alpha value is -2.16. The Morgan fingerprint density at radius 1 is 0.864 bits per heavy atom. The molecule has 0 bridgehead atoms. The number of anilines is 1. The minimum absolute atomic E-state index is 0.553. The van der Waals surface area contributed by atoms with Gasteiger partial charge in [0.15, 0.2) is 0 Å². The minimum atomic E-state index is -4.62. The highest BCUT2D eigenvalue weighted by Gasteiger charge is 2.30. The third-order valence-corrected chi connectivity index (χ3v) is 4.06. The van der Waals surface area contributed by atoms with Crippen molar-refractivity contribution < 1.29 is 30.4 Å². The second kappa shape index (κ2) is 5.56. The number of hydrogen-bond donors (Lipinski definition) is 1. The molecule has 1 N–H and O–H groups in total. The van der Waals surface area contributed by atoms with Gasteiger partial charge < -0.3 is 0 Å². The molecule has 0 saturated carbocycles. The van der Waals surface area contributed by atoms with E-state index in [2.05, 4.69) is 0 Å². The van der Waals surface area contributed by atoms with Gasteiger partial charge in [0, 0.05) is 0 Å². The maximum Gasteiger partial charge on any atom is 0.416 e. The lowest BCUT2D eigenvalue weighted by atomic mass is 10.2. The van der Waals surface area contributed by atoms with Crippen LogP contribution in [-0.2, 0) is 16.2 Å². The summed E-state index contributed by atoms with van der Waals surface area (Å²) in [5.41, 5.74) is -1.94. The number of halogens is 5. The molecular weight excluding hydrogens is 329 g/mol. The van der Waals surface area contributed by atoms with E-state index in [9.17, 15) is 30.4 Å². The van der Waals surface area contributed by atoms with E-state index in [1.807, 2.05) is 0 Å². The average molecular weight is 337 g/mol. The molecule has 0 fully saturated rings. The van der Waals surface area contributed by atoms with Crippen LogP contribution in [0.15, 0.2) is 47.4 Å². The Balaban J connectivity index is 2.35. The van der Waals surface area contributed by atoms with Crippen LogP contribution in [0.2, 0.25) is 0 Å². The number of benzene rings is 2. The van der Waals surface area contributed by atoms with Crippen LogP contribution in [-0.4, -0.2) is 8.42 Å². The van der Waals surface area contributed by atoms with Crippen molar-refractivity contribution in [3.63, 3.8) is 0 Å². The largest absolute Gasteiger partial charge is 0.416 e. The Bertz CT molecular complexity index is 765. The van der Waals surface area contributed by atoms with Crippen LogP contribution in [0.25, 0.3) is 0 Å². The zero-order valence-corrected chi connectivity index (χ0v) is 11.5. The van der Waals surface area contributed by atoms with E-state index in [0.717, 1.165) is 18.2 Å². The quantitative estimate of drug-likeness (QED) is 0.867. The van der Waals surface area contributed by atoms with E-state index in [1.54, 1.807) is 4.72 Å². The summed E-state index contributed by atoms with van der Waals surface area (Å²) in [6, 6.07) is 5.24. The summed E-state index contributed by atoms with van der Waals surface area (Å²) >= 11 is 0. The van der Waals surface area contributed by atoms with Crippen LogP contribution in [0.3, 0.4) is 0 Å². The Morgan fingerprint density at radius 3 is 1.82 bits per heavy atom. The molecule has 3 nitrogen and oxygen atoms in total. The number of nitrogens with one attached hydrogen (secondary N) is 1. The molecule has 0 spiro atoms. The number of rotatable bonds is 3. The van der Waals surface area contributed by atoms with Gasteiger partial charge in [-0.05, 0) is 36.4 Å². The van der Waals surface area contributed by atoms with E-state index in [0.29, 0.717) is 24.3 Å². The van der Waals surface area contributed by atoms with Gasteiger partial charge in [-0.1, -0.05) is 6.07 Å². The molecule has 0 radical (unpaired) electrons. The fraction of sp³-hybridized carbons (Fsp3) is 0.0769. The molecule has 0 aromatic heterocycles. The predicted molar refractivity (Wildman–Crippen MR) is 68.6 cm³/mol. The van der Waals surface area contributed by atoms with Gasteiger partial charge in [-0.3, -0.25) is 4.72 Å². The van der Waals surface area contributed by atoms with Crippen molar-refractivity contribution in [2.45, 2.75) is 11.1 Å². The monoisotopic (exact) mass is 337 g/mol. The van der Waals surface area contributed by atoms with E-state index >= 15 is 0 Å². The van der Waals surface area contributed by atoms with Gasteiger partial charge in [-0.2, -0.15) is 13.2 Å². The molecule has 0 saturated heterocycles. The van der Waals surface area contributed by atoms with Crippen molar-refractivity contribution in [3.05, 3.63) is 59.7 Å². The van der Waals surface area contributed by atoms with E-state index < -0.39 is 44.0 Å². The summed E-state index contributed by atoms with van der Waals surface area (Å²) in [4.78, 5) is -0.553. The fourth-order valence-corrected chi connectivity index (χ4v) is 2.69. The molecule has 0 amide bonds. The Kier molecular flexibility index (Phi) is 4.10. The van der Waals surface area contributed by atoms with Gasteiger partial charge in [-0.25, -0.2) is 17.2 Å². The SMILES string of the molecule is O=S(=O)(Nc1c(F)cccc1F)c1ccc(C(F)(F)F)cc1. The van der Waals surface area contributed by atoms with E-state index in [4.69, 9.17) is 0 Å². The third-order valence-electron chi connectivity index (χ3n) is 2.69.